The lowest BCUT2D eigenvalue weighted by Gasteiger charge is -2.32. The number of ether oxygens (including phenoxy) is 2. The highest BCUT2D eigenvalue weighted by Gasteiger charge is 2.42. The van der Waals surface area contributed by atoms with Crippen LogP contribution in [0, 0.1) is 11.8 Å². The van der Waals surface area contributed by atoms with E-state index in [2.05, 4.69) is 4.74 Å². The second-order valence-electron chi connectivity index (χ2n) is 11.3. The second kappa shape index (κ2) is 14.2. The zero-order valence-electron chi connectivity index (χ0n) is 24.9. The number of benzene rings is 3. The van der Waals surface area contributed by atoms with Crippen LogP contribution in [0.15, 0.2) is 66.7 Å². The minimum Gasteiger partial charge on any atom is -0.469 e. The van der Waals surface area contributed by atoms with E-state index < -0.39 is 35.7 Å². The van der Waals surface area contributed by atoms with Crippen LogP contribution < -0.4 is 9.64 Å². The highest BCUT2D eigenvalue weighted by Crippen LogP contribution is 2.46. The first-order valence-corrected chi connectivity index (χ1v) is 14.1. The molecule has 3 aromatic rings. The number of hydrogen-bond acceptors (Lipinski definition) is 4. The smallest absolute Gasteiger partial charge is 0.469 e. The summed E-state index contributed by atoms with van der Waals surface area (Å²) in [4.78, 5) is 14.6. The second-order valence-corrected chi connectivity index (χ2v) is 11.3. The molecular formula is C33H37F6NO3. The molecule has 0 spiro atoms. The van der Waals surface area contributed by atoms with Crippen molar-refractivity contribution >= 4 is 11.7 Å². The van der Waals surface area contributed by atoms with Crippen molar-refractivity contribution in [3.8, 4) is 16.9 Å². The van der Waals surface area contributed by atoms with E-state index in [1.165, 1.54) is 24.3 Å². The van der Waals surface area contributed by atoms with Crippen molar-refractivity contribution in [2.24, 2.45) is 11.8 Å². The predicted octanol–water partition coefficient (Wildman–Crippen LogP) is 9.63. The summed E-state index contributed by atoms with van der Waals surface area (Å²) in [6.45, 7) is 7.76. The number of carbonyl (C=O) groups is 1. The van der Waals surface area contributed by atoms with Crippen LogP contribution in [-0.4, -0.2) is 26.0 Å². The van der Waals surface area contributed by atoms with E-state index in [-0.39, 0.29) is 42.6 Å². The lowest BCUT2D eigenvalue weighted by atomic mass is 9.84. The van der Waals surface area contributed by atoms with Crippen LogP contribution >= 0.6 is 0 Å². The summed E-state index contributed by atoms with van der Waals surface area (Å²) in [5.74, 6) is -2.31. The fourth-order valence-electron chi connectivity index (χ4n) is 4.96. The largest absolute Gasteiger partial charge is 0.573 e. The quantitative estimate of drug-likeness (QED) is 0.151. The number of hydrogen-bond donors (Lipinski definition) is 0. The van der Waals surface area contributed by atoms with Crippen molar-refractivity contribution in [1.82, 2.24) is 0 Å². The molecule has 234 valence electrons. The molecule has 0 heterocycles. The minimum absolute atomic E-state index is 0.0210. The van der Waals surface area contributed by atoms with Crippen molar-refractivity contribution in [3.63, 3.8) is 0 Å². The summed E-state index contributed by atoms with van der Waals surface area (Å²) in [6, 6.07) is 16.9. The van der Waals surface area contributed by atoms with Gasteiger partial charge in [-0.05, 0) is 71.2 Å². The van der Waals surface area contributed by atoms with Crippen molar-refractivity contribution in [3.05, 3.63) is 83.4 Å². The molecule has 0 N–H and O–H groups in total. The van der Waals surface area contributed by atoms with Gasteiger partial charge in [-0.3, -0.25) is 4.79 Å². The third-order valence-electron chi connectivity index (χ3n) is 6.95. The Bertz CT molecular complexity index is 1340. The topological polar surface area (TPSA) is 38.8 Å². The molecule has 0 aliphatic rings. The molecule has 0 bridgehead atoms. The van der Waals surface area contributed by atoms with Gasteiger partial charge < -0.3 is 14.4 Å². The molecule has 1 atom stereocenters. The van der Waals surface area contributed by atoms with Gasteiger partial charge in [0, 0.05) is 13.1 Å². The van der Waals surface area contributed by atoms with Gasteiger partial charge in [-0.15, -0.1) is 13.2 Å². The molecule has 4 nitrogen and oxygen atoms in total. The Morgan fingerprint density at radius 2 is 1.47 bits per heavy atom. The van der Waals surface area contributed by atoms with Crippen molar-refractivity contribution < 1.29 is 40.6 Å². The van der Waals surface area contributed by atoms with Crippen molar-refractivity contribution in [2.45, 2.75) is 65.5 Å². The normalized spacial score (nSPS) is 12.9. The number of esters is 1. The van der Waals surface area contributed by atoms with Gasteiger partial charge in [-0.1, -0.05) is 70.2 Å². The zero-order valence-corrected chi connectivity index (χ0v) is 24.9. The number of anilines is 1. The lowest BCUT2D eigenvalue weighted by Crippen LogP contribution is -2.30. The molecule has 43 heavy (non-hydrogen) atoms. The average molecular weight is 610 g/mol. The van der Waals surface area contributed by atoms with Crippen LogP contribution in [0.3, 0.4) is 0 Å². The molecule has 0 saturated heterocycles. The molecule has 0 aliphatic heterocycles. The maximum Gasteiger partial charge on any atom is 0.573 e. The Morgan fingerprint density at radius 1 is 0.837 bits per heavy atom. The SMILES string of the molecule is COC(=O)[C@H](CC(C)C)c1cc(-c2ccccc2)cc(N(CCC(C)C)Cc2ccc(OC(F)(F)F)cc2)c1C(F)(F)F. The summed E-state index contributed by atoms with van der Waals surface area (Å²) in [5, 5.41) is 0. The van der Waals surface area contributed by atoms with Gasteiger partial charge >= 0.3 is 18.5 Å². The molecule has 0 fully saturated rings. The van der Waals surface area contributed by atoms with Gasteiger partial charge in [0.15, 0.2) is 0 Å². The van der Waals surface area contributed by atoms with E-state index in [0.29, 0.717) is 23.1 Å². The summed E-state index contributed by atoms with van der Waals surface area (Å²) >= 11 is 0. The molecule has 0 aliphatic carbocycles. The maximum absolute atomic E-state index is 15.1. The number of halogens is 6. The Kier molecular flexibility index (Phi) is 11.2. The summed E-state index contributed by atoms with van der Waals surface area (Å²) in [5.41, 5.74) is 0.448. The molecule has 0 radical (unpaired) electrons. The fourth-order valence-corrected chi connectivity index (χ4v) is 4.96. The molecule has 0 aromatic heterocycles. The van der Waals surface area contributed by atoms with Gasteiger partial charge in [0.25, 0.3) is 0 Å². The standard InChI is InChI=1S/C33H37F6NO3/c1-21(2)15-16-40(20-23-11-13-26(14-12-23)43-33(37,38)39)29-19-25(24-9-7-6-8-10-24)18-27(30(29)32(34,35)36)28(17-22(3)4)31(41)42-5/h6-14,18-19,21-22,28H,15-17,20H2,1-5H3/t28-/m1/s1. The summed E-state index contributed by atoms with van der Waals surface area (Å²) < 4.78 is 92.3. The Hall–Kier alpha value is -3.69. The molecule has 3 aromatic carbocycles. The molecule has 10 heteroatoms. The van der Waals surface area contributed by atoms with Gasteiger partial charge in [0.05, 0.1) is 24.3 Å². The third kappa shape index (κ3) is 9.66. The van der Waals surface area contributed by atoms with Crippen LogP contribution in [0.1, 0.15) is 63.1 Å². The van der Waals surface area contributed by atoms with E-state index in [1.807, 2.05) is 27.7 Å². The summed E-state index contributed by atoms with van der Waals surface area (Å²) in [6.07, 6.45) is -9.01. The van der Waals surface area contributed by atoms with Crippen molar-refractivity contribution in [2.75, 3.05) is 18.6 Å². The van der Waals surface area contributed by atoms with Crippen molar-refractivity contribution in [1.29, 1.82) is 0 Å². The predicted molar refractivity (Wildman–Crippen MR) is 155 cm³/mol. The highest BCUT2D eigenvalue weighted by molar-refractivity contribution is 5.82. The Morgan fingerprint density at radius 3 is 1.98 bits per heavy atom. The third-order valence-corrected chi connectivity index (χ3v) is 6.95. The number of rotatable bonds is 12. The lowest BCUT2D eigenvalue weighted by molar-refractivity contribution is -0.274. The van der Waals surface area contributed by atoms with E-state index in [4.69, 9.17) is 4.74 Å². The Balaban J connectivity index is 2.28. The zero-order chi connectivity index (χ0) is 31.9. The molecule has 0 saturated carbocycles. The maximum atomic E-state index is 15.1. The fraction of sp³-hybridized carbons (Fsp3) is 0.424. The van der Waals surface area contributed by atoms with Gasteiger partial charge in [0.2, 0.25) is 0 Å². The van der Waals surface area contributed by atoms with E-state index in [0.717, 1.165) is 19.2 Å². The molecule has 0 unspecified atom stereocenters. The Labute approximate surface area is 248 Å². The van der Waals surface area contributed by atoms with Crippen LogP contribution in [0.25, 0.3) is 11.1 Å². The number of methoxy groups -OCH3 is 1. The number of carbonyl (C=O) groups excluding carboxylic acids is 1. The number of alkyl halides is 6. The average Bonchev–Trinajstić information content (AvgIpc) is 2.92. The van der Waals surface area contributed by atoms with Gasteiger partial charge in [-0.2, -0.15) is 13.2 Å². The monoisotopic (exact) mass is 609 g/mol. The van der Waals surface area contributed by atoms with Gasteiger partial charge in [-0.25, -0.2) is 0 Å². The van der Waals surface area contributed by atoms with Crippen LogP contribution in [-0.2, 0) is 22.3 Å². The number of nitrogens with zero attached hydrogens (tertiary/aromatic N) is 1. The minimum atomic E-state index is -4.87. The van der Waals surface area contributed by atoms with E-state index in [1.54, 1.807) is 35.2 Å². The van der Waals surface area contributed by atoms with Crippen LogP contribution in [0.5, 0.6) is 5.75 Å². The first-order valence-electron chi connectivity index (χ1n) is 14.1. The first kappa shape index (κ1) is 33.8. The molecule has 3 rings (SSSR count). The van der Waals surface area contributed by atoms with E-state index >= 15 is 13.2 Å². The van der Waals surface area contributed by atoms with Crippen LogP contribution in [0.2, 0.25) is 0 Å². The summed E-state index contributed by atoms with van der Waals surface area (Å²) in [7, 11) is 1.16. The molecular weight excluding hydrogens is 572 g/mol. The van der Waals surface area contributed by atoms with E-state index in [9.17, 15) is 18.0 Å². The first-order chi connectivity index (χ1) is 20.1. The van der Waals surface area contributed by atoms with Gasteiger partial charge in [0.1, 0.15) is 5.75 Å². The molecule has 0 amide bonds. The highest BCUT2D eigenvalue weighted by atomic mass is 19.4. The van der Waals surface area contributed by atoms with Crippen LogP contribution in [0.4, 0.5) is 32.0 Å².